The SMILES string of the molecule is c1ccc(Oc2ccc(Oc3ncnc4ccn(C5CC6(CNC6)C5)c34)cc2)cc1. The van der Waals surface area contributed by atoms with Crippen molar-refractivity contribution < 1.29 is 9.47 Å². The molecule has 6 heteroatoms. The molecule has 6 nitrogen and oxygen atoms in total. The first-order valence-electron chi connectivity index (χ1n) is 10.3. The molecule has 0 amide bonds. The summed E-state index contributed by atoms with van der Waals surface area (Å²) in [6.07, 6.45) is 6.08. The molecule has 1 aliphatic carbocycles. The summed E-state index contributed by atoms with van der Waals surface area (Å²) < 4.78 is 14.3. The molecule has 2 fully saturated rings. The standard InChI is InChI=1S/C24H22N4O2/c1-2-4-18(5-3-1)29-19-6-8-20(9-7-19)30-23-22-21(26-16-27-23)10-11-28(22)17-12-24(13-17)14-25-15-24/h1-11,16-17,25H,12-15H2. The Kier molecular flexibility index (Phi) is 3.99. The number of rotatable bonds is 5. The molecule has 6 rings (SSSR count). The number of hydrogen-bond donors (Lipinski definition) is 1. The smallest absolute Gasteiger partial charge is 0.247 e. The van der Waals surface area contributed by atoms with Crippen LogP contribution in [0.3, 0.4) is 0 Å². The molecule has 2 aromatic heterocycles. The van der Waals surface area contributed by atoms with Gasteiger partial charge in [0.05, 0.1) is 5.52 Å². The summed E-state index contributed by atoms with van der Waals surface area (Å²) in [5.74, 6) is 2.88. The van der Waals surface area contributed by atoms with Gasteiger partial charge < -0.3 is 19.4 Å². The van der Waals surface area contributed by atoms with Gasteiger partial charge in [0, 0.05) is 25.3 Å². The van der Waals surface area contributed by atoms with Gasteiger partial charge in [-0.25, -0.2) is 4.98 Å². The first kappa shape index (κ1) is 17.5. The largest absolute Gasteiger partial charge is 0.457 e. The zero-order chi connectivity index (χ0) is 20.0. The maximum atomic E-state index is 6.17. The molecule has 30 heavy (non-hydrogen) atoms. The number of fused-ring (bicyclic) bond motifs is 1. The molecular weight excluding hydrogens is 376 g/mol. The van der Waals surface area contributed by atoms with Gasteiger partial charge in [-0.15, -0.1) is 0 Å². The van der Waals surface area contributed by atoms with Gasteiger partial charge in [-0.3, -0.25) is 0 Å². The van der Waals surface area contributed by atoms with Crippen LogP contribution in [0.25, 0.3) is 11.0 Å². The lowest BCUT2D eigenvalue weighted by atomic mass is 9.61. The number of hydrogen-bond acceptors (Lipinski definition) is 5. The summed E-state index contributed by atoms with van der Waals surface area (Å²) >= 11 is 0. The second kappa shape index (κ2) is 6.85. The molecule has 1 saturated heterocycles. The highest BCUT2D eigenvalue weighted by atomic mass is 16.5. The van der Waals surface area contributed by atoms with Crippen molar-refractivity contribution in [2.75, 3.05) is 13.1 Å². The van der Waals surface area contributed by atoms with Crippen LogP contribution < -0.4 is 14.8 Å². The molecule has 1 saturated carbocycles. The third-order valence-corrected chi connectivity index (χ3v) is 6.22. The fourth-order valence-electron chi connectivity index (χ4n) is 4.56. The van der Waals surface area contributed by atoms with Crippen LogP contribution in [0.15, 0.2) is 73.2 Å². The molecule has 0 bridgehead atoms. The van der Waals surface area contributed by atoms with E-state index in [1.807, 2.05) is 60.7 Å². The topological polar surface area (TPSA) is 61.2 Å². The minimum Gasteiger partial charge on any atom is -0.457 e. The van der Waals surface area contributed by atoms with Gasteiger partial charge >= 0.3 is 0 Å². The molecule has 2 aliphatic rings. The third-order valence-electron chi connectivity index (χ3n) is 6.22. The average molecular weight is 398 g/mol. The molecular formula is C24H22N4O2. The number of ether oxygens (including phenoxy) is 2. The molecule has 3 heterocycles. The van der Waals surface area contributed by atoms with Gasteiger partial charge in [-0.2, -0.15) is 4.98 Å². The first-order valence-corrected chi connectivity index (χ1v) is 10.3. The molecule has 1 aliphatic heterocycles. The average Bonchev–Trinajstić information content (AvgIpc) is 3.13. The van der Waals surface area contributed by atoms with Gasteiger partial charge in [0.1, 0.15) is 29.1 Å². The number of aromatic nitrogens is 3. The Labute approximate surface area is 174 Å². The zero-order valence-corrected chi connectivity index (χ0v) is 16.5. The lowest BCUT2D eigenvalue weighted by Crippen LogP contribution is -2.60. The summed E-state index contributed by atoms with van der Waals surface area (Å²) in [6, 6.07) is 19.9. The fourth-order valence-corrected chi connectivity index (χ4v) is 4.56. The maximum Gasteiger partial charge on any atom is 0.247 e. The Balaban J connectivity index is 1.23. The van der Waals surface area contributed by atoms with E-state index in [1.54, 1.807) is 6.33 Å². The normalized spacial score (nSPS) is 17.5. The highest BCUT2D eigenvalue weighted by Crippen LogP contribution is 2.52. The molecule has 4 aromatic rings. The van der Waals surface area contributed by atoms with Crippen LogP contribution in [0, 0.1) is 5.41 Å². The van der Waals surface area contributed by atoms with Gasteiger partial charge in [-0.1, -0.05) is 18.2 Å². The van der Waals surface area contributed by atoms with E-state index in [0.29, 0.717) is 17.3 Å². The molecule has 150 valence electrons. The Hall–Kier alpha value is -3.38. The van der Waals surface area contributed by atoms with Gasteiger partial charge in [0.2, 0.25) is 5.88 Å². The van der Waals surface area contributed by atoms with Crippen molar-refractivity contribution in [3.8, 4) is 23.1 Å². The van der Waals surface area contributed by atoms with Crippen LogP contribution in [0.2, 0.25) is 0 Å². The molecule has 0 unspecified atom stereocenters. The Bertz CT molecular complexity index is 1180. The highest BCUT2D eigenvalue weighted by molar-refractivity contribution is 5.81. The number of nitrogens with one attached hydrogen (secondary N) is 1. The van der Waals surface area contributed by atoms with Crippen molar-refractivity contribution >= 4 is 11.0 Å². The van der Waals surface area contributed by atoms with E-state index < -0.39 is 0 Å². The predicted octanol–water partition coefficient (Wildman–Crippen LogP) is 4.94. The van der Waals surface area contributed by atoms with E-state index in [-0.39, 0.29) is 0 Å². The van der Waals surface area contributed by atoms with Crippen molar-refractivity contribution in [2.45, 2.75) is 18.9 Å². The Morgan fingerprint density at radius 2 is 1.53 bits per heavy atom. The van der Waals surface area contributed by atoms with Crippen LogP contribution in [0.1, 0.15) is 18.9 Å². The molecule has 0 atom stereocenters. The number of para-hydroxylation sites is 1. The summed E-state index contributed by atoms with van der Waals surface area (Å²) in [6.45, 7) is 2.28. The summed E-state index contributed by atoms with van der Waals surface area (Å²) in [5, 5.41) is 3.40. The quantitative estimate of drug-likeness (QED) is 0.516. The first-order chi connectivity index (χ1) is 14.8. The lowest BCUT2D eigenvalue weighted by Gasteiger charge is -2.54. The van der Waals surface area contributed by atoms with Crippen molar-refractivity contribution in [3.63, 3.8) is 0 Å². The number of nitrogens with zero attached hydrogens (tertiary/aromatic N) is 3. The van der Waals surface area contributed by atoms with Crippen molar-refractivity contribution in [3.05, 3.63) is 73.2 Å². The molecule has 0 radical (unpaired) electrons. The minimum atomic E-state index is 0.486. The second-order valence-corrected chi connectivity index (χ2v) is 8.29. The predicted molar refractivity (Wildman–Crippen MR) is 114 cm³/mol. The van der Waals surface area contributed by atoms with E-state index in [9.17, 15) is 0 Å². The van der Waals surface area contributed by atoms with Crippen LogP contribution >= 0.6 is 0 Å². The minimum absolute atomic E-state index is 0.486. The van der Waals surface area contributed by atoms with Gasteiger partial charge in [0.25, 0.3) is 0 Å². The van der Waals surface area contributed by atoms with E-state index in [4.69, 9.17) is 9.47 Å². The van der Waals surface area contributed by atoms with Crippen molar-refractivity contribution in [1.82, 2.24) is 19.9 Å². The van der Waals surface area contributed by atoms with E-state index in [1.165, 1.54) is 12.8 Å². The second-order valence-electron chi connectivity index (χ2n) is 8.29. The maximum absolute atomic E-state index is 6.17. The zero-order valence-electron chi connectivity index (χ0n) is 16.5. The van der Waals surface area contributed by atoms with Crippen LogP contribution in [0.4, 0.5) is 0 Å². The Morgan fingerprint density at radius 3 is 2.23 bits per heavy atom. The third kappa shape index (κ3) is 3.00. The van der Waals surface area contributed by atoms with Gasteiger partial charge in [-0.05, 0) is 60.7 Å². The van der Waals surface area contributed by atoms with Gasteiger partial charge in [0.15, 0.2) is 0 Å². The monoisotopic (exact) mass is 398 g/mol. The molecule has 1 spiro atoms. The lowest BCUT2D eigenvalue weighted by molar-refractivity contribution is 0.00927. The fraction of sp³-hybridized carbons (Fsp3) is 0.250. The summed E-state index contributed by atoms with van der Waals surface area (Å²) in [5.41, 5.74) is 2.39. The van der Waals surface area contributed by atoms with E-state index >= 15 is 0 Å². The number of benzene rings is 2. The summed E-state index contributed by atoms with van der Waals surface area (Å²) in [7, 11) is 0. The van der Waals surface area contributed by atoms with Crippen LogP contribution in [0.5, 0.6) is 23.1 Å². The highest BCUT2D eigenvalue weighted by Gasteiger charge is 2.49. The molecule has 2 aromatic carbocycles. The summed E-state index contributed by atoms with van der Waals surface area (Å²) in [4.78, 5) is 8.87. The van der Waals surface area contributed by atoms with Crippen LogP contribution in [-0.2, 0) is 0 Å². The Morgan fingerprint density at radius 1 is 0.833 bits per heavy atom. The van der Waals surface area contributed by atoms with E-state index in [2.05, 4.69) is 26.0 Å². The van der Waals surface area contributed by atoms with Crippen molar-refractivity contribution in [1.29, 1.82) is 0 Å². The van der Waals surface area contributed by atoms with Crippen molar-refractivity contribution in [2.24, 2.45) is 5.41 Å². The van der Waals surface area contributed by atoms with E-state index in [0.717, 1.165) is 41.4 Å². The molecule has 1 N–H and O–H groups in total. The van der Waals surface area contributed by atoms with Crippen LogP contribution in [-0.4, -0.2) is 27.6 Å².